The van der Waals surface area contributed by atoms with E-state index in [1.807, 2.05) is 41.9 Å². The number of hydrogen-bond acceptors (Lipinski definition) is 4. The Kier molecular flexibility index (Phi) is 3.41. The Hall–Kier alpha value is -2.96. The number of anilines is 1. The molecule has 3 aromatic rings. The fourth-order valence-electron chi connectivity index (χ4n) is 3.08. The van der Waals surface area contributed by atoms with Crippen LogP contribution in [0.15, 0.2) is 30.3 Å². The van der Waals surface area contributed by atoms with Gasteiger partial charge in [0.1, 0.15) is 5.82 Å². The van der Waals surface area contributed by atoms with Gasteiger partial charge in [-0.25, -0.2) is 4.68 Å². The predicted molar refractivity (Wildman–Crippen MR) is 89.3 cm³/mol. The summed E-state index contributed by atoms with van der Waals surface area (Å²) in [6.45, 7) is 1.84. The summed E-state index contributed by atoms with van der Waals surface area (Å²) in [5.41, 5.74) is 3.60. The number of carbonyl (C=O) groups is 1. The number of aromatic nitrogens is 5. The molecule has 0 spiro atoms. The molecule has 7 nitrogen and oxygen atoms in total. The quantitative estimate of drug-likeness (QED) is 0.800. The van der Waals surface area contributed by atoms with E-state index >= 15 is 0 Å². The van der Waals surface area contributed by atoms with Crippen molar-refractivity contribution in [3.63, 3.8) is 0 Å². The molecule has 2 heterocycles. The van der Waals surface area contributed by atoms with Crippen LogP contribution >= 0.6 is 0 Å². The zero-order valence-corrected chi connectivity index (χ0v) is 13.7. The van der Waals surface area contributed by atoms with Crippen molar-refractivity contribution < 1.29 is 4.79 Å². The number of carbonyl (C=O) groups excluding carboxylic acids is 1. The zero-order chi connectivity index (χ0) is 16.7. The van der Waals surface area contributed by atoms with Crippen LogP contribution in [0.1, 0.15) is 34.0 Å². The van der Waals surface area contributed by atoms with E-state index < -0.39 is 0 Å². The van der Waals surface area contributed by atoms with E-state index in [1.165, 1.54) is 0 Å². The van der Waals surface area contributed by atoms with Crippen molar-refractivity contribution in [3.05, 3.63) is 53.1 Å². The molecule has 1 aliphatic rings. The highest BCUT2D eigenvalue weighted by molar-refractivity contribution is 6.03. The Labute approximate surface area is 139 Å². The fourth-order valence-corrected chi connectivity index (χ4v) is 3.08. The van der Waals surface area contributed by atoms with Gasteiger partial charge in [0, 0.05) is 18.3 Å². The zero-order valence-electron chi connectivity index (χ0n) is 13.7. The minimum Gasteiger partial charge on any atom is -0.288 e. The van der Waals surface area contributed by atoms with Crippen LogP contribution in [0.5, 0.6) is 0 Å². The molecular formula is C17H18N6O. The van der Waals surface area contributed by atoms with Gasteiger partial charge in [0.15, 0.2) is 5.69 Å². The molecule has 24 heavy (non-hydrogen) atoms. The normalized spacial score (nSPS) is 13.1. The lowest BCUT2D eigenvalue weighted by Crippen LogP contribution is -2.16. The van der Waals surface area contributed by atoms with Gasteiger partial charge in [0.25, 0.3) is 5.91 Å². The van der Waals surface area contributed by atoms with Crippen LogP contribution in [-0.4, -0.2) is 30.5 Å². The number of nitrogens with zero attached hydrogens (tertiary/aromatic N) is 5. The number of benzene rings is 1. The van der Waals surface area contributed by atoms with Crippen molar-refractivity contribution in [1.82, 2.24) is 24.5 Å². The standard InChI is InChI=1S/C17H18N6O/c1-11-18-17(21-22(11)2)19-16(24)15-13-9-6-10-14(13)23(20-15)12-7-4-3-5-8-12/h3-5,7-8H,6,9-10H2,1-2H3,(H,19,21,24). The first kappa shape index (κ1) is 14.6. The van der Waals surface area contributed by atoms with Crippen molar-refractivity contribution in [2.24, 2.45) is 7.05 Å². The smallest absolute Gasteiger partial charge is 0.278 e. The highest BCUT2D eigenvalue weighted by Crippen LogP contribution is 2.28. The number of nitrogens with one attached hydrogen (secondary N) is 1. The maximum absolute atomic E-state index is 12.7. The molecule has 0 saturated heterocycles. The van der Waals surface area contributed by atoms with E-state index in [1.54, 1.807) is 11.7 Å². The summed E-state index contributed by atoms with van der Waals surface area (Å²) in [5, 5.41) is 11.5. The second-order valence-electron chi connectivity index (χ2n) is 5.94. The maximum atomic E-state index is 12.7. The van der Waals surface area contributed by atoms with Crippen molar-refractivity contribution in [2.75, 3.05) is 5.32 Å². The number of para-hydroxylation sites is 1. The van der Waals surface area contributed by atoms with Gasteiger partial charge >= 0.3 is 0 Å². The third kappa shape index (κ3) is 2.38. The summed E-state index contributed by atoms with van der Waals surface area (Å²) in [5.74, 6) is 0.791. The summed E-state index contributed by atoms with van der Waals surface area (Å²) in [6.07, 6.45) is 2.85. The Morgan fingerprint density at radius 3 is 2.67 bits per heavy atom. The molecule has 0 saturated carbocycles. The number of aryl methyl sites for hydroxylation is 2. The molecule has 1 N–H and O–H groups in total. The molecule has 0 unspecified atom stereocenters. The van der Waals surface area contributed by atoms with Crippen LogP contribution in [0, 0.1) is 6.92 Å². The molecule has 7 heteroatoms. The average Bonchev–Trinajstić information content (AvgIpc) is 3.24. The number of rotatable bonds is 3. The lowest BCUT2D eigenvalue weighted by atomic mass is 10.2. The maximum Gasteiger partial charge on any atom is 0.278 e. The van der Waals surface area contributed by atoms with Crippen LogP contribution in [0.25, 0.3) is 5.69 Å². The van der Waals surface area contributed by atoms with Gasteiger partial charge in [-0.1, -0.05) is 18.2 Å². The summed E-state index contributed by atoms with van der Waals surface area (Å²) >= 11 is 0. The first-order valence-electron chi connectivity index (χ1n) is 7.98. The first-order chi connectivity index (χ1) is 11.6. The molecule has 0 aliphatic heterocycles. The molecule has 0 bridgehead atoms. The Balaban J connectivity index is 1.70. The van der Waals surface area contributed by atoms with Gasteiger partial charge in [-0.05, 0) is 38.3 Å². The van der Waals surface area contributed by atoms with E-state index in [0.29, 0.717) is 11.6 Å². The largest absolute Gasteiger partial charge is 0.288 e. The molecule has 0 fully saturated rings. The van der Waals surface area contributed by atoms with E-state index in [-0.39, 0.29) is 5.91 Å². The number of fused-ring (bicyclic) bond motifs is 1. The van der Waals surface area contributed by atoms with Crippen molar-refractivity contribution >= 4 is 11.9 Å². The van der Waals surface area contributed by atoms with Crippen LogP contribution in [0.4, 0.5) is 5.95 Å². The predicted octanol–water partition coefficient (Wildman–Crippen LogP) is 2.05. The van der Waals surface area contributed by atoms with Crippen LogP contribution in [-0.2, 0) is 19.9 Å². The van der Waals surface area contributed by atoms with Crippen molar-refractivity contribution in [1.29, 1.82) is 0 Å². The van der Waals surface area contributed by atoms with Gasteiger partial charge in [-0.2, -0.15) is 10.1 Å². The molecule has 1 aromatic carbocycles. The van der Waals surface area contributed by atoms with Crippen LogP contribution < -0.4 is 5.32 Å². The lowest BCUT2D eigenvalue weighted by Gasteiger charge is -2.04. The molecule has 4 rings (SSSR count). The summed E-state index contributed by atoms with van der Waals surface area (Å²) in [7, 11) is 1.79. The van der Waals surface area contributed by atoms with E-state index in [2.05, 4.69) is 20.5 Å². The summed E-state index contributed by atoms with van der Waals surface area (Å²) in [4.78, 5) is 16.9. The van der Waals surface area contributed by atoms with Gasteiger partial charge < -0.3 is 0 Å². The highest BCUT2D eigenvalue weighted by atomic mass is 16.2. The fraction of sp³-hybridized carbons (Fsp3) is 0.294. The summed E-state index contributed by atoms with van der Waals surface area (Å²) in [6, 6.07) is 9.90. The van der Waals surface area contributed by atoms with Gasteiger partial charge in [-0.3, -0.25) is 14.8 Å². The Morgan fingerprint density at radius 1 is 1.17 bits per heavy atom. The molecular weight excluding hydrogens is 304 g/mol. The molecule has 1 aliphatic carbocycles. The molecule has 0 radical (unpaired) electrons. The first-order valence-corrected chi connectivity index (χ1v) is 7.98. The highest BCUT2D eigenvalue weighted by Gasteiger charge is 2.27. The molecule has 1 amide bonds. The van der Waals surface area contributed by atoms with Crippen molar-refractivity contribution in [2.45, 2.75) is 26.2 Å². The lowest BCUT2D eigenvalue weighted by molar-refractivity contribution is 0.102. The Bertz CT molecular complexity index is 889. The van der Waals surface area contributed by atoms with Gasteiger partial charge in [0.05, 0.1) is 5.69 Å². The van der Waals surface area contributed by atoms with E-state index in [4.69, 9.17) is 0 Å². The minimum absolute atomic E-state index is 0.256. The van der Waals surface area contributed by atoms with Crippen LogP contribution in [0.3, 0.4) is 0 Å². The number of hydrogen-bond donors (Lipinski definition) is 1. The van der Waals surface area contributed by atoms with Crippen molar-refractivity contribution in [3.8, 4) is 5.69 Å². The van der Waals surface area contributed by atoms with Gasteiger partial charge in [-0.15, -0.1) is 5.10 Å². The third-order valence-corrected chi connectivity index (χ3v) is 4.35. The summed E-state index contributed by atoms with van der Waals surface area (Å²) < 4.78 is 3.51. The van der Waals surface area contributed by atoms with Crippen LogP contribution in [0.2, 0.25) is 0 Å². The molecule has 122 valence electrons. The second kappa shape index (κ2) is 5.59. The van der Waals surface area contributed by atoms with Gasteiger partial charge in [0.2, 0.25) is 5.95 Å². The Morgan fingerprint density at radius 2 is 1.96 bits per heavy atom. The second-order valence-corrected chi connectivity index (χ2v) is 5.94. The average molecular weight is 322 g/mol. The van der Waals surface area contributed by atoms with E-state index in [0.717, 1.165) is 42.0 Å². The molecule has 0 atom stereocenters. The SMILES string of the molecule is Cc1nc(NC(=O)c2nn(-c3ccccc3)c3c2CCC3)nn1C. The molecule has 2 aromatic heterocycles. The minimum atomic E-state index is -0.256. The monoisotopic (exact) mass is 322 g/mol. The van der Waals surface area contributed by atoms with E-state index in [9.17, 15) is 4.79 Å². The topological polar surface area (TPSA) is 77.6 Å². The number of amides is 1. The third-order valence-electron chi connectivity index (χ3n) is 4.35.